The Balaban J connectivity index is 2.53. The Bertz CT molecular complexity index is 594. The summed E-state index contributed by atoms with van der Waals surface area (Å²) in [5.41, 5.74) is 0.546. The topological polar surface area (TPSA) is 60.2 Å². The lowest BCUT2D eigenvalue weighted by Gasteiger charge is -2.00. The van der Waals surface area contributed by atoms with Crippen molar-refractivity contribution in [2.75, 3.05) is 0 Å². The van der Waals surface area contributed by atoms with Gasteiger partial charge in [0.25, 0.3) is 5.69 Å². The van der Waals surface area contributed by atoms with E-state index in [9.17, 15) is 14.9 Å². The number of hydrogen-bond acceptors (Lipinski definition) is 4. The molecule has 2 rings (SSSR count). The van der Waals surface area contributed by atoms with E-state index in [1.807, 2.05) is 0 Å². The van der Waals surface area contributed by atoms with Gasteiger partial charge in [-0.1, -0.05) is 11.6 Å². The first kappa shape index (κ1) is 11.8. The fourth-order valence-electron chi connectivity index (χ4n) is 1.38. The Morgan fingerprint density at radius 3 is 2.65 bits per heavy atom. The first-order valence-electron chi connectivity index (χ1n) is 4.61. The Morgan fingerprint density at radius 2 is 2.06 bits per heavy atom. The number of benzene rings is 1. The molecule has 0 fully saturated rings. The monoisotopic (exact) mass is 267 g/mol. The van der Waals surface area contributed by atoms with E-state index >= 15 is 0 Å². The summed E-state index contributed by atoms with van der Waals surface area (Å²) in [6.45, 7) is 0. The van der Waals surface area contributed by atoms with Crippen LogP contribution in [-0.2, 0) is 0 Å². The largest absolute Gasteiger partial charge is 0.297 e. The molecule has 0 aliphatic carbocycles. The van der Waals surface area contributed by atoms with E-state index in [1.165, 1.54) is 29.5 Å². The number of nitro groups is 1. The molecule has 0 spiro atoms. The van der Waals surface area contributed by atoms with Crippen molar-refractivity contribution in [1.82, 2.24) is 0 Å². The van der Waals surface area contributed by atoms with Crippen LogP contribution in [0.1, 0.15) is 9.67 Å². The van der Waals surface area contributed by atoms with Crippen LogP contribution in [0.2, 0.25) is 5.02 Å². The van der Waals surface area contributed by atoms with Gasteiger partial charge in [-0.3, -0.25) is 14.9 Å². The van der Waals surface area contributed by atoms with Gasteiger partial charge in [0.15, 0.2) is 6.29 Å². The predicted octanol–water partition coefficient (Wildman–Crippen LogP) is 3.79. The second kappa shape index (κ2) is 4.65. The number of hydrogen-bond donors (Lipinski definition) is 0. The molecule has 0 atom stereocenters. The molecule has 0 radical (unpaired) electrons. The maximum atomic E-state index is 10.7. The van der Waals surface area contributed by atoms with Crippen LogP contribution in [0.4, 0.5) is 5.69 Å². The maximum Gasteiger partial charge on any atom is 0.270 e. The number of carbonyl (C=O) groups excluding carboxylic acids is 1. The van der Waals surface area contributed by atoms with Gasteiger partial charge >= 0.3 is 0 Å². The SMILES string of the molecule is O=Cc1ccc(-c2cc([N+](=O)[O-])ccc2Cl)s1. The van der Waals surface area contributed by atoms with Crippen molar-refractivity contribution in [2.24, 2.45) is 0 Å². The summed E-state index contributed by atoms with van der Waals surface area (Å²) in [6.07, 6.45) is 0.736. The second-order valence-electron chi connectivity index (χ2n) is 3.24. The standard InChI is InChI=1S/C11H6ClNO3S/c12-10-3-1-7(13(15)16)5-9(10)11-4-2-8(6-14)17-11/h1-6H. The summed E-state index contributed by atoms with van der Waals surface area (Å²) >= 11 is 7.23. The predicted molar refractivity (Wildman–Crippen MR) is 66.8 cm³/mol. The highest BCUT2D eigenvalue weighted by Crippen LogP contribution is 2.35. The van der Waals surface area contributed by atoms with Crippen molar-refractivity contribution in [2.45, 2.75) is 0 Å². The van der Waals surface area contributed by atoms with Gasteiger partial charge in [0.05, 0.1) is 9.80 Å². The van der Waals surface area contributed by atoms with Crippen LogP contribution in [0.3, 0.4) is 0 Å². The Kier molecular flexibility index (Phi) is 3.21. The van der Waals surface area contributed by atoms with Gasteiger partial charge in [-0.15, -0.1) is 11.3 Å². The van der Waals surface area contributed by atoms with Gasteiger partial charge in [0.1, 0.15) is 0 Å². The number of thiophene rings is 1. The smallest absolute Gasteiger partial charge is 0.270 e. The van der Waals surface area contributed by atoms with Crippen molar-refractivity contribution < 1.29 is 9.72 Å². The summed E-state index contributed by atoms with van der Waals surface area (Å²) in [6, 6.07) is 7.61. The van der Waals surface area contributed by atoms with Crippen molar-refractivity contribution in [3.63, 3.8) is 0 Å². The van der Waals surface area contributed by atoms with Crippen LogP contribution < -0.4 is 0 Å². The highest BCUT2D eigenvalue weighted by atomic mass is 35.5. The zero-order valence-corrected chi connectivity index (χ0v) is 9.99. The van der Waals surface area contributed by atoms with Gasteiger partial charge in [0, 0.05) is 27.6 Å². The Morgan fingerprint density at radius 1 is 1.29 bits per heavy atom. The van der Waals surface area contributed by atoms with E-state index in [-0.39, 0.29) is 5.69 Å². The molecule has 0 amide bonds. The van der Waals surface area contributed by atoms with E-state index in [0.717, 1.165) is 11.2 Å². The van der Waals surface area contributed by atoms with Gasteiger partial charge in [-0.25, -0.2) is 0 Å². The molecule has 0 unspecified atom stereocenters. The summed E-state index contributed by atoms with van der Waals surface area (Å²) < 4.78 is 0. The molecular weight excluding hydrogens is 262 g/mol. The molecule has 0 saturated heterocycles. The summed E-state index contributed by atoms with van der Waals surface area (Å²) in [4.78, 5) is 22.1. The zero-order chi connectivity index (χ0) is 12.4. The molecule has 17 heavy (non-hydrogen) atoms. The molecule has 0 saturated carbocycles. The molecule has 6 heteroatoms. The first-order chi connectivity index (χ1) is 8.11. The van der Waals surface area contributed by atoms with Crippen molar-refractivity contribution in [3.8, 4) is 10.4 Å². The van der Waals surface area contributed by atoms with Crippen LogP contribution in [0, 0.1) is 10.1 Å². The number of rotatable bonds is 3. The molecule has 86 valence electrons. The van der Waals surface area contributed by atoms with E-state index in [1.54, 1.807) is 12.1 Å². The van der Waals surface area contributed by atoms with E-state index < -0.39 is 4.92 Å². The average molecular weight is 268 g/mol. The lowest BCUT2D eigenvalue weighted by Crippen LogP contribution is -1.88. The van der Waals surface area contributed by atoms with Crippen molar-refractivity contribution in [1.29, 1.82) is 0 Å². The van der Waals surface area contributed by atoms with E-state index in [2.05, 4.69) is 0 Å². The van der Waals surface area contributed by atoms with Gasteiger partial charge < -0.3 is 0 Å². The lowest BCUT2D eigenvalue weighted by molar-refractivity contribution is -0.384. The third-order valence-electron chi connectivity index (χ3n) is 2.17. The second-order valence-corrected chi connectivity index (χ2v) is 4.76. The number of nitro benzene ring substituents is 1. The lowest BCUT2D eigenvalue weighted by atomic mass is 10.1. The van der Waals surface area contributed by atoms with Gasteiger partial charge in [-0.2, -0.15) is 0 Å². The Hall–Kier alpha value is -1.72. The molecule has 0 bridgehead atoms. The van der Waals surface area contributed by atoms with Crippen molar-refractivity contribution >= 4 is 34.9 Å². The number of halogens is 1. The fraction of sp³-hybridized carbons (Fsp3) is 0. The van der Waals surface area contributed by atoms with Crippen LogP contribution in [0.15, 0.2) is 30.3 Å². The minimum atomic E-state index is -0.478. The highest BCUT2D eigenvalue weighted by Gasteiger charge is 2.12. The fourth-order valence-corrected chi connectivity index (χ4v) is 2.51. The Labute approximate surface area is 106 Å². The molecule has 1 heterocycles. The average Bonchev–Trinajstić information content (AvgIpc) is 2.77. The molecule has 0 aliphatic heterocycles. The van der Waals surface area contributed by atoms with Crippen molar-refractivity contribution in [3.05, 3.63) is 50.3 Å². The number of non-ortho nitro benzene ring substituents is 1. The molecule has 1 aromatic heterocycles. The minimum absolute atomic E-state index is 0.0227. The molecule has 0 aliphatic rings. The molecule has 2 aromatic rings. The van der Waals surface area contributed by atoms with Crippen LogP contribution in [-0.4, -0.2) is 11.2 Å². The minimum Gasteiger partial charge on any atom is -0.297 e. The normalized spacial score (nSPS) is 10.2. The zero-order valence-electron chi connectivity index (χ0n) is 8.42. The van der Waals surface area contributed by atoms with Gasteiger partial charge in [-0.05, 0) is 18.2 Å². The molecule has 1 aromatic carbocycles. The summed E-state index contributed by atoms with van der Waals surface area (Å²) in [5, 5.41) is 11.1. The van der Waals surface area contributed by atoms with E-state index in [4.69, 9.17) is 11.6 Å². The number of carbonyl (C=O) groups is 1. The number of aldehydes is 1. The summed E-state index contributed by atoms with van der Waals surface area (Å²) in [7, 11) is 0. The quantitative estimate of drug-likeness (QED) is 0.483. The van der Waals surface area contributed by atoms with Crippen LogP contribution in [0.5, 0.6) is 0 Å². The number of nitrogens with zero attached hydrogens (tertiary/aromatic N) is 1. The maximum absolute atomic E-state index is 10.7. The van der Waals surface area contributed by atoms with Crippen LogP contribution in [0.25, 0.3) is 10.4 Å². The molecule has 0 N–H and O–H groups in total. The third-order valence-corrected chi connectivity index (χ3v) is 3.54. The van der Waals surface area contributed by atoms with Crippen LogP contribution >= 0.6 is 22.9 Å². The summed E-state index contributed by atoms with van der Waals surface area (Å²) in [5.74, 6) is 0. The van der Waals surface area contributed by atoms with Gasteiger partial charge in [0.2, 0.25) is 0 Å². The highest BCUT2D eigenvalue weighted by molar-refractivity contribution is 7.17. The molecule has 4 nitrogen and oxygen atoms in total. The third kappa shape index (κ3) is 2.35. The van der Waals surface area contributed by atoms with E-state index in [0.29, 0.717) is 15.5 Å². The first-order valence-corrected chi connectivity index (χ1v) is 5.80. The molecular formula is C11H6ClNO3S.